The molecule has 1 aliphatic heterocycles. The number of halogens is 2. The number of aliphatic carboxylic acids is 1. The van der Waals surface area contributed by atoms with E-state index in [0.717, 1.165) is 18.7 Å². The van der Waals surface area contributed by atoms with Crippen LogP contribution in [0.25, 0.3) is 0 Å². The van der Waals surface area contributed by atoms with Gasteiger partial charge < -0.3 is 5.11 Å². The van der Waals surface area contributed by atoms with E-state index < -0.39 is 12.0 Å². The minimum atomic E-state index is -0.796. The summed E-state index contributed by atoms with van der Waals surface area (Å²) in [5, 5.41) is 9.39. The lowest BCUT2D eigenvalue weighted by Gasteiger charge is -2.36. The molecule has 1 atom stereocenters. The molecule has 1 aromatic rings. The highest BCUT2D eigenvalue weighted by atomic mass is 35.5. The Labute approximate surface area is 122 Å². The van der Waals surface area contributed by atoms with Crippen LogP contribution in [0.1, 0.15) is 12.5 Å². The Morgan fingerprint density at radius 1 is 1.35 bits per heavy atom. The van der Waals surface area contributed by atoms with Gasteiger partial charge in [-0.05, 0) is 30.7 Å². The summed E-state index contributed by atoms with van der Waals surface area (Å²) in [5.74, 6) is -1.12. The van der Waals surface area contributed by atoms with E-state index in [4.69, 9.17) is 16.7 Å². The number of carboxylic acid groups (broad SMARTS) is 1. The smallest absolute Gasteiger partial charge is 0.320 e. The van der Waals surface area contributed by atoms with Gasteiger partial charge in [-0.2, -0.15) is 0 Å². The number of piperazine rings is 1. The fourth-order valence-electron chi connectivity index (χ4n) is 2.43. The maximum atomic E-state index is 13.3. The van der Waals surface area contributed by atoms with E-state index in [1.807, 2.05) is 4.90 Å². The van der Waals surface area contributed by atoms with Crippen molar-refractivity contribution in [2.24, 2.45) is 0 Å². The highest BCUT2D eigenvalue weighted by Crippen LogP contribution is 2.17. The van der Waals surface area contributed by atoms with Crippen LogP contribution in [0.3, 0.4) is 0 Å². The molecule has 0 radical (unpaired) electrons. The van der Waals surface area contributed by atoms with Crippen molar-refractivity contribution in [3.05, 3.63) is 34.6 Å². The van der Waals surface area contributed by atoms with Crippen LogP contribution in [-0.2, 0) is 11.3 Å². The number of carboxylic acids is 1. The standard InChI is InChI=1S/C14H18ClFN2O2/c1-10(14(19)20)18-4-2-17(3-5-18)9-11-6-12(15)8-13(16)7-11/h6-8,10H,2-5,9H2,1H3,(H,19,20). The third-order valence-electron chi connectivity index (χ3n) is 3.64. The highest BCUT2D eigenvalue weighted by molar-refractivity contribution is 6.30. The molecule has 1 fully saturated rings. The van der Waals surface area contributed by atoms with Gasteiger partial charge in [0.25, 0.3) is 0 Å². The fourth-order valence-corrected chi connectivity index (χ4v) is 2.67. The Morgan fingerprint density at radius 3 is 2.55 bits per heavy atom. The van der Waals surface area contributed by atoms with Gasteiger partial charge in [0.2, 0.25) is 0 Å². The molecule has 1 aliphatic rings. The van der Waals surface area contributed by atoms with Crippen LogP contribution in [0.2, 0.25) is 5.02 Å². The normalized spacial score (nSPS) is 18.9. The van der Waals surface area contributed by atoms with Gasteiger partial charge in [0.1, 0.15) is 11.9 Å². The van der Waals surface area contributed by atoms with Crippen LogP contribution in [0.4, 0.5) is 4.39 Å². The average Bonchev–Trinajstić information content (AvgIpc) is 2.37. The van der Waals surface area contributed by atoms with Crippen molar-refractivity contribution >= 4 is 17.6 Å². The minimum Gasteiger partial charge on any atom is -0.480 e. The van der Waals surface area contributed by atoms with Gasteiger partial charge >= 0.3 is 5.97 Å². The molecule has 0 amide bonds. The zero-order valence-electron chi connectivity index (χ0n) is 11.4. The molecular weight excluding hydrogens is 283 g/mol. The summed E-state index contributed by atoms with van der Waals surface area (Å²) in [6.07, 6.45) is 0. The molecule has 1 aromatic carbocycles. The molecule has 1 heterocycles. The van der Waals surface area contributed by atoms with Gasteiger partial charge in [0, 0.05) is 37.7 Å². The molecule has 20 heavy (non-hydrogen) atoms. The first-order chi connectivity index (χ1) is 9.45. The van der Waals surface area contributed by atoms with E-state index in [9.17, 15) is 9.18 Å². The predicted octanol–water partition coefficient (Wildman–Crippen LogP) is 2.07. The zero-order chi connectivity index (χ0) is 14.7. The molecule has 0 bridgehead atoms. The maximum Gasteiger partial charge on any atom is 0.320 e. The van der Waals surface area contributed by atoms with Crippen molar-refractivity contribution in [2.45, 2.75) is 19.5 Å². The highest BCUT2D eigenvalue weighted by Gasteiger charge is 2.25. The predicted molar refractivity (Wildman–Crippen MR) is 75.4 cm³/mol. The molecule has 2 rings (SSSR count). The van der Waals surface area contributed by atoms with Crippen LogP contribution in [-0.4, -0.2) is 53.1 Å². The first-order valence-electron chi connectivity index (χ1n) is 6.60. The number of hydrogen-bond donors (Lipinski definition) is 1. The van der Waals surface area contributed by atoms with Crippen LogP contribution >= 0.6 is 11.6 Å². The number of rotatable bonds is 4. The molecule has 1 unspecified atom stereocenters. The van der Waals surface area contributed by atoms with Gasteiger partial charge in [-0.25, -0.2) is 4.39 Å². The molecule has 1 N–H and O–H groups in total. The van der Waals surface area contributed by atoms with E-state index >= 15 is 0 Å². The Hall–Kier alpha value is -1.17. The molecule has 0 aliphatic carbocycles. The van der Waals surface area contributed by atoms with E-state index in [-0.39, 0.29) is 5.82 Å². The van der Waals surface area contributed by atoms with Crippen LogP contribution in [0.5, 0.6) is 0 Å². The van der Waals surface area contributed by atoms with Crippen LogP contribution in [0.15, 0.2) is 18.2 Å². The third-order valence-corrected chi connectivity index (χ3v) is 3.86. The number of benzene rings is 1. The zero-order valence-corrected chi connectivity index (χ0v) is 12.1. The molecular formula is C14H18ClFN2O2. The first kappa shape index (κ1) is 15.2. The van der Waals surface area contributed by atoms with Gasteiger partial charge in [0.15, 0.2) is 0 Å². The summed E-state index contributed by atoms with van der Waals surface area (Å²) < 4.78 is 13.3. The van der Waals surface area contributed by atoms with Crippen molar-refractivity contribution < 1.29 is 14.3 Å². The molecule has 0 saturated carbocycles. The molecule has 0 spiro atoms. The van der Waals surface area contributed by atoms with E-state index in [1.54, 1.807) is 13.0 Å². The second kappa shape index (κ2) is 6.52. The Balaban J connectivity index is 1.89. The summed E-state index contributed by atoms with van der Waals surface area (Å²) in [6.45, 7) is 5.28. The summed E-state index contributed by atoms with van der Waals surface area (Å²) in [6, 6.07) is 4.08. The van der Waals surface area contributed by atoms with Crippen molar-refractivity contribution in [3.8, 4) is 0 Å². The number of carbonyl (C=O) groups is 1. The molecule has 0 aromatic heterocycles. The Kier molecular flexibility index (Phi) is 4.96. The summed E-state index contributed by atoms with van der Waals surface area (Å²) in [4.78, 5) is 15.1. The Morgan fingerprint density at radius 2 is 2.00 bits per heavy atom. The van der Waals surface area contributed by atoms with Gasteiger partial charge in [-0.3, -0.25) is 14.6 Å². The second-order valence-electron chi connectivity index (χ2n) is 5.10. The SMILES string of the molecule is CC(C(=O)O)N1CCN(Cc2cc(F)cc(Cl)c2)CC1. The maximum absolute atomic E-state index is 13.3. The van der Waals surface area contributed by atoms with Gasteiger partial charge in [0.05, 0.1) is 0 Å². The molecule has 1 saturated heterocycles. The number of hydrogen-bond acceptors (Lipinski definition) is 3. The largest absolute Gasteiger partial charge is 0.480 e. The first-order valence-corrected chi connectivity index (χ1v) is 6.97. The lowest BCUT2D eigenvalue weighted by Crippen LogP contribution is -2.51. The lowest BCUT2D eigenvalue weighted by atomic mass is 10.1. The van der Waals surface area contributed by atoms with Crippen molar-refractivity contribution in [1.29, 1.82) is 0 Å². The topological polar surface area (TPSA) is 43.8 Å². The minimum absolute atomic E-state index is 0.328. The summed E-state index contributed by atoms with van der Waals surface area (Å²) in [5.41, 5.74) is 0.842. The van der Waals surface area contributed by atoms with Crippen molar-refractivity contribution in [1.82, 2.24) is 9.80 Å². The molecule has 4 nitrogen and oxygen atoms in total. The average molecular weight is 301 g/mol. The van der Waals surface area contributed by atoms with E-state index in [1.165, 1.54) is 12.1 Å². The second-order valence-corrected chi connectivity index (χ2v) is 5.54. The van der Waals surface area contributed by atoms with Crippen LogP contribution in [0, 0.1) is 5.82 Å². The molecule has 6 heteroatoms. The third kappa shape index (κ3) is 3.91. The molecule has 110 valence electrons. The summed E-state index contributed by atoms with van der Waals surface area (Å²) >= 11 is 5.84. The van der Waals surface area contributed by atoms with Crippen molar-refractivity contribution in [3.63, 3.8) is 0 Å². The van der Waals surface area contributed by atoms with Crippen molar-refractivity contribution in [2.75, 3.05) is 26.2 Å². The Bertz CT molecular complexity index is 470. The lowest BCUT2D eigenvalue weighted by molar-refractivity contribution is -0.143. The quantitative estimate of drug-likeness (QED) is 0.924. The monoisotopic (exact) mass is 300 g/mol. The summed E-state index contributed by atoms with van der Waals surface area (Å²) in [7, 11) is 0. The number of nitrogens with zero attached hydrogens (tertiary/aromatic N) is 2. The van der Waals surface area contributed by atoms with E-state index in [0.29, 0.717) is 24.7 Å². The van der Waals surface area contributed by atoms with Crippen LogP contribution < -0.4 is 0 Å². The fraction of sp³-hybridized carbons (Fsp3) is 0.500. The van der Waals surface area contributed by atoms with Gasteiger partial charge in [-0.15, -0.1) is 0 Å². The van der Waals surface area contributed by atoms with Gasteiger partial charge in [-0.1, -0.05) is 11.6 Å². The van der Waals surface area contributed by atoms with E-state index in [2.05, 4.69) is 4.90 Å².